The van der Waals surface area contributed by atoms with Crippen LogP contribution < -0.4 is 15.4 Å². The van der Waals surface area contributed by atoms with Gasteiger partial charge < -0.3 is 15.4 Å². The molecule has 10 heteroatoms. The predicted molar refractivity (Wildman–Crippen MR) is 109 cm³/mol. The van der Waals surface area contributed by atoms with Gasteiger partial charge in [-0.2, -0.15) is 8.42 Å². The number of aryl methyl sites for hydroxylation is 1. The fraction of sp³-hybridized carbons (Fsp3) is 0.176. The number of nitrogens with one attached hydrogen (secondary N) is 2. The van der Waals surface area contributed by atoms with Crippen LogP contribution in [0.1, 0.15) is 5.56 Å². The highest BCUT2D eigenvalue weighted by atomic mass is 35.5. The molecule has 1 amide bonds. The van der Waals surface area contributed by atoms with E-state index in [9.17, 15) is 13.2 Å². The third-order valence-electron chi connectivity index (χ3n) is 3.63. The number of carbonyl (C=O) groups is 1. The number of ether oxygens (including phenoxy) is 1. The third-order valence-corrected chi connectivity index (χ3v) is 6.19. The number of amidine groups is 1. The monoisotopic (exact) mass is 425 g/mol. The summed E-state index contributed by atoms with van der Waals surface area (Å²) in [6.07, 6.45) is 0. The number of hydrogen-bond donors (Lipinski definition) is 2. The molecule has 0 radical (unpaired) electrons. The summed E-state index contributed by atoms with van der Waals surface area (Å²) in [5.74, 6) is 0.0772. The van der Waals surface area contributed by atoms with Crippen molar-refractivity contribution < 1.29 is 17.9 Å². The zero-order valence-electron chi connectivity index (χ0n) is 14.4. The summed E-state index contributed by atoms with van der Waals surface area (Å²) < 4.78 is 33.5. The molecule has 0 fully saturated rings. The van der Waals surface area contributed by atoms with Gasteiger partial charge in [0, 0.05) is 5.02 Å². The normalized spacial score (nSPS) is 14.6. The Morgan fingerprint density at radius 3 is 2.81 bits per heavy atom. The van der Waals surface area contributed by atoms with E-state index in [4.69, 9.17) is 16.3 Å². The fourth-order valence-corrected chi connectivity index (χ4v) is 4.61. The van der Waals surface area contributed by atoms with Crippen LogP contribution in [0, 0.1) is 6.92 Å². The molecule has 0 aliphatic carbocycles. The molecule has 1 aliphatic rings. The van der Waals surface area contributed by atoms with Crippen molar-refractivity contribution in [2.75, 3.05) is 23.5 Å². The molecule has 2 aromatic carbocycles. The van der Waals surface area contributed by atoms with E-state index in [-0.39, 0.29) is 21.7 Å². The van der Waals surface area contributed by atoms with Crippen LogP contribution in [-0.4, -0.2) is 32.4 Å². The number of amides is 1. The van der Waals surface area contributed by atoms with E-state index in [1.54, 1.807) is 30.3 Å². The second-order valence-corrected chi connectivity index (χ2v) is 8.65. The Labute approximate surface area is 166 Å². The van der Waals surface area contributed by atoms with Gasteiger partial charge in [-0.3, -0.25) is 4.79 Å². The molecule has 0 bridgehead atoms. The Morgan fingerprint density at radius 1 is 1.30 bits per heavy atom. The molecular formula is C17H16ClN3O4S2. The smallest absolute Gasteiger partial charge is 0.286 e. The fourth-order valence-electron chi connectivity index (χ4n) is 2.42. The first-order valence-electron chi connectivity index (χ1n) is 7.77. The molecule has 27 heavy (non-hydrogen) atoms. The first-order chi connectivity index (χ1) is 12.8. The number of benzene rings is 2. The molecule has 1 aliphatic heterocycles. The van der Waals surface area contributed by atoms with Gasteiger partial charge in [-0.15, -0.1) is 4.40 Å². The maximum atomic E-state index is 12.3. The second-order valence-electron chi connectivity index (χ2n) is 5.68. The van der Waals surface area contributed by atoms with Crippen molar-refractivity contribution in [3.8, 4) is 5.75 Å². The van der Waals surface area contributed by atoms with Gasteiger partial charge in [0.25, 0.3) is 10.0 Å². The molecular weight excluding hydrogens is 410 g/mol. The van der Waals surface area contributed by atoms with Crippen molar-refractivity contribution in [1.29, 1.82) is 0 Å². The minimum atomic E-state index is -3.80. The predicted octanol–water partition coefficient (Wildman–Crippen LogP) is 3.50. The number of hydrogen-bond acceptors (Lipinski definition) is 6. The Bertz CT molecular complexity index is 1040. The Balaban J connectivity index is 1.70. The minimum absolute atomic E-state index is 0.0435. The van der Waals surface area contributed by atoms with Gasteiger partial charge in [-0.1, -0.05) is 29.4 Å². The number of sulfonamides is 1. The van der Waals surface area contributed by atoms with Crippen LogP contribution in [0.2, 0.25) is 5.02 Å². The molecule has 2 N–H and O–H groups in total. The highest BCUT2D eigenvalue weighted by Crippen LogP contribution is 2.31. The lowest BCUT2D eigenvalue weighted by atomic mass is 10.2. The quantitative estimate of drug-likeness (QED) is 0.778. The first-order valence-corrected chi connectivity index (χ1v) is 10.6. The number of fused-ring (bicyclic) bond motifs is 1. The van der Waals surface area contributed by atoms with Gasteiger partial charge in [0.05, 0.1) is 24.2 Å². The molecule has 3 rings (SSSR count). The van der Waals surface area contributed by atoms with E-state index < -0.39 is 10.0 Å². The number of nitrogens with zero attached hydrogens (tertiary/aromatic N) is 1. The molecule has 0 saturated carbocycles. The van der Waals surface area contributed by atoms with E-state index in [1.807, 2.05) is 6.92 Å². The summed E-state index contributed by atoms with van der Waals surface area (Å²) in [4.78, 5) is 12.3. The minimum Gasteiger partial charge on any atom is -0.495 e. The standard InChI is InChI=1S/C17H16ClN3O4S2/c1-10-3-6-15-13(7-10)20-17(21-27(15,23)24)26-9-16(22)19-12-8-11(18)4-5-14(12)25-2/h3-8H,9H2,1-2H3,(H,19,22)(H,20,21). The summed E-state index contributed by atoms with van der Waals surface area (Å²) >= 11 is 6.93. The van der Waals surface area contributed by atoms with Gasteiger partial charge in [0.1, 0.15) is 10.6 Å². The topological polar surface area (TPSA) is 96.9 Å². The highest BCUT2D eigenvalue weighted by Gasteiger charge is 2.25. The second kappa shape index (κ2) is 7.79. The Kier molecular flexibility index (Phi) is 5.64. The molecule has 0 atom stereocenters. The molecule has 0 saturated heterocycles. The summed E-state index contributed by atoms with van der Waals surface area (Å²) in [7, 11) is -2.31. The van der Waals surface area contributed by atoms with Crippen LogP contribution in [-0.2, 0) is 14.8 Å². The number of thioether (sulfide) groups is 1. The van der Waals surface area contributed by atoms with Crippen LogP contribution in [0.5, 0.6) is 5.75 Å². The van der Waals surface area contributed by atoms with Gasteiger partial charge in [0.2, 0.25) is 5.91 Å². The summed E-state index contributed by atoms with van der Waals surface area (Å²) in [6.45, 7) is 1.86. The van der Waals surface area contributed by atoms with Crippen molar-refractivity contribution in [2.24, 2.45) is 4.40 Å². The van der Waals surface area contributed by atoms with Crippen molar-refractivity contribution in [3.63, 3.8) is 0 Å². The lowest BCUT2D eigenvalue weighted by Crippen LogP contribution is -2.22. The van der Waals surface area contributed by atoms with Crippen molar-refractivity contribution in [3.05, 3.63) is 47.0 Å². The van der Waals surface area contributed by atoms with Gasteiger partial charge >= 0.3 is 0 Å². The van der Waals surface area contributed by atoms with Crippen LogP contribution in [0.4, 0.5) is 11.4 Å². The van der Waals surface area contributed by atoms with Crippen molar-refractivity contribution in [1.82, 2.24) is 0 Å². The maximum absolute atomic E-state index is 12.3. The van der Waals surface area contributed by atoms with Crippen LogP contribution in [0.25, 0.3) is 0 Å². The number of methoxy groups -OCH3 is 1. The van der Waals surface area contributed by atoms with Gasteiger partial charge in [0.15, 0.2) is 5.17 Å². The maximum Gasteiger partial charge on any atom is 0.286 e. The number of anilines is 2. The number of rotatable bonds is 4. The van der Waals surface area contributed by atoms with Crippen LogP contribution in [0.15, 0.2) is 45.7 Å². The van der Waals surface area contributed by atoms with Crippen LogP contribution in [0.3, 0.4) is 0 Å². The Hall–Kier alpha value is -2.23. The zero-order valence-corrected chi connectivity index (χ0v) is 16.8. The molecule has 142 valence electrons. The molecule has 2 aromatic rings. The van der Waals surface area contributed by atoms with E-state index >= 15 is 0 Å². The summed E-state index contributed by atoms with van der Waals surface area (Å²) in [6, 6.07) is 9.80. The van der Waals surface area contributed by atoms with Crippen molar-refractivity contribution >= 4 is 55.8 Å². The largest absolute Gasteiger partial charge is 0.495 e. The van der Waals surface area contributed by atoms with Crippen molar-refractivity contribution in [2.45, 2.75) is 11.8 Å². The van der Waals surface area contributed by atoms with Gasteiger partial charge in [-0.05, 0) is 42.8 Å². The summed E-state index contributed by atoms with van der Waals surface area (Å²) in [5.41, 5.74) is 1.79. The van der Waals surface area contributed by atoms with E-state index in [1.165, 1.54) is 13.2 Å². The SMILES string of the molecule is COc1ccc(Cl)cc1NC(=O)CSC1=NS(=O)(=O)c2ccc(C)cc2N1. The van der Waals surface area contributed by atoms with E-state index in [0.717, 1.165) is 17.3 Å². The molecule has 7 nitrogen and oxygen atoms in total. The number of carbonyl (C=O) groups excluding carboxylic acids is 1. The number of halogens is 1. The average Bonchev–Trinajstić information content (AvgIpc) is 2.59. The van der Waals surface area contributed by atoms with E-state index in [0.29, 0.717) is 22.1 Å². The molecule has 0 aromatic heterocycles. The highest BCUT2D eigenvalue weighted by molar-refractivity contribution is 8.15. The van der Waals surface area contributed by atoms with Gasteiger partial charge in [-0.25, -0.2) is 0 Å². The van der Waals surface area contributed by atoms with Crippen LogP contribution >= 0.6 is 23.4 Å². The zero-order chi connectivity index (χ0) is 19.6. The molecule has 0 unspecified atom stereocenters. The lowest BCUT2D eigenvalue weighted by molar-refractivity contribution is -0.113. The molecule has 1 heterocycles. The average molecular weight is 426 g/mol. The van der Waals surface area contributed by atoms with E-state index in [2.05, 4.69) is 15.0 Å². The molecule has 0 spiro atoms. The Morgan fingerprint density at radius 2 is 2.07 bits per heavy atom. The first kappa shape index (κ1) is 19.5. The third kappa shape index (κ3) is 4.55. The summed E-state index contributed by atoms with van der Waals surface area (Å²) in [5, 5.41) is 6.24. The lowest BCUT2D eigenvalue weighted by Gasteiger charge is -2.18.